The number of morpholine rings is 1. The molecule has 1 aromatic carbocycles. The molecule has 2 atom stereocenters. The molecule has 1 aliphatic rings. The van der Waals surface area contributed by atoms with Gasteiger partial charge < -0.3 is 9.84 Å². The van der Waals surface area contributed by atoms with Gasteiger partial charge in [0.15, 0.2) is 0 Å². The van der Waals surface area contributed by atoms with Gasteiger partial charge in [-0.2, -0.15) is 0 Å². The van der Waals surface area contributed by atoms with E-state index in [1.54, 1.807) is 0 Å². The van der Waals surface area contributed by atoms with Gasteiger partial charge in [-0.15, -0.1) is 0 Å². The van der Waals surface area contributed by atoms with Crippen LogP contribution in [0, 0.1) is 5.82 Å². The van der Waals surface area contributed by atoms with Gasteiger partial charge in [-0.05, 0) is 31.5 Å². The molecule has 1 aliphatic heterocycles. The molecule has 100 valence electrons. The van der Waals surface area contributed by atoms with Gasteiger partial charge in [0.2, 0.25) is 0 Å². The van der Waals surface area contributed by atoms with Crippen molar-refractivity contribution in [3.05, 3.63) is 29.6 Å². The van der Waals surface area contributed by atoms with Crippen LogP contribution in [0.15, 0.2) is 18.2 Å². The molecule has 0 aromatic heterocycles. The molecular weight excluding hydrogens is 233 g/mol. The molecule has 0 amide bonds. The highest BCUT2D eigenvalue weighted by Gasteiger charge is 2.26. The van der Waals surface area contributed by atoms with E-state index in [-0.39, 0.29) is 17.7 Å². The molecule has 1 N–H and O–H groups in total. The van der Waals surface area contributed by atoms with Crippen molar-refractivity contribution in [2.24, 2.45) is 0 Å². The molecule has 0 radical (unpaired) electrons. The summed E-state index contributed by atoms with van der Waals surface area (Å²) in [6, 6.07) is 4.43. The standard InChI is InChI=1S/C14H20FNO2/c1-3-13-9-18-10(2)7-16(13)8-11-6-12(15)4-5-14(11)17/h4-6,10,13,17H,3,7-9H2,1-2H3. The van der Waals surface area contributed by atoms with Crippen molar-refractivity contribution in [1.82, 2.24) is 4.90 Å². The predicted octanol–water partition coefficient (Wildman–Crippen LogP) is 2.53. The molecule has 1 heterocycles. The number of halogens is 1. The van der Waals surface area contributed by atoms with E-state index in [0.29, 0.717) is 24.8 Å². The third kappa shape index (κ3) is 3.00. The molecule has 0 saturated carbocycles. The summed E-state index contributed by atoms with van der Waals surface area (Å²) in [7, 11) is 0. The van der Waals surface area contributed by atoms with Gasteiger partial charge in [0.1, 0.15) is 11.6 Å². The van der Waals surface area contributed by atoms with Crippen LogP contribution in [0.2, 0.25) is 0 Å². The number of phenolic OH excluding ortho intramolecular Hbond substituents is 1. The summed E-state index contributed by atoms with van der Waals surface area (Å²) in [5.74, 6) is -0.150. The smallest absolute Gasteiger partial charge is 0.123 e. The van der Waals surface area contributed by atoms with E-state index in [9.17, 15) is 9.50 Å². The largest absolute Gasteiger partial charge is 0.508 e. The zero-order chi connectivity index (χ0) is 13.1. The van der Waals surface area contributed by atoms with Crippen LogP contribution in [-0.2, 0) is 11.3 Å². The predicted molar refractivity (Wildman–Crippen MR) is 68.0 cm³/mol. The van der Waals surface area contributed by atoms with E-state index in [0.717, 1.165) is 13.0 Å². The molecule has 2 rings (SSSR count). The minimum absolute atomic E-state index is 0.158. The van der Waals surface area contributed by atoms with Gasteiger partial charge in [-0.1, -0.05) is 6.92 Å². The summed E-state index contributed by atoms with van der Waals surface area (Å²) >= 11 is 0. The summed E-state index contributed by atoms with van der Waals surface area (Å²) in [6.45, 7) is 6.23. The number of nitrogens with zero attached hydrogens (tertiary/aromatic N) is 1. The topological polar surface area (TPSA) is 32.7 Å². The van der Waals surface area contributed by atoms with Crippen LogP contribution >= 0.6 is 0 Å². The molecule has 2 unspecified atom stereocenters. The fourth-order valence-corrected chi connectivity index (χ4v) is 2.38. The number of ether oxygens (including phenoxy) is 1. The number of hydrogen-bond donors (Lipinski definition) is 1. The normalized spacial score (nSPS) is 25.3. The van der Waals surface area contributed by atoms with Gasteiger partial charge in [0.05, 0.1) is 12.7 Å². The molecule has 1 aromatic rings. The van der Waals surface area contributed by atoms with E-state index in [1.165, 1.54) is 18.2 Å². The molecule has 0 bridgehead atoms. The molecular formula is C14H20FNO2. The van der Waals surface area contributed by atoms with Crippen LogP contribution in [0.3, 0.4) is 0 Å². The number of benzene rings is 1. The van der Waals surface area contributed by atoms with Gasteiger partial charge in [-0.25, -0.2) is 4.39 Å². The Balaban J connectivity index is 2.12. The fraction of sp³-hybridized carbons (Fsp3) is 0.571. The molecule has 18 heavy (non-hydrogen) atoms. The summed E-state index contributed by atoms with van der Waals surface area (Å²) in [6.07, 6.45) is 1.17. The Bertz CT molecular complexity index is 411. The second kappa shape index (κ2) is 5.67. The summed E-state index contributed by atoms with van der Waals surface area (Å²) in [4.78, 5) is 2.25. The lowest BCUT2D eigenvalue weighted by Gasteiger charge is -2.38. The monoisotopic (exact) mass is 253 g/mol. The number of aromatic hydroxyl groups is 1. The van der Waals surface area contributed by atoms with Crippen LogP contribution in [0.25, 0.3) is 0 Å². The SMILES string of the molecule is CCC1COC(C)CN1Cc1cc(F)ccc1O. The van der Waals surface area contributed by atoms with Crippen LogP contribution in [0.4, 0.5) is 4.39 Å². The van der Waals surface area contributed by atoms with Gasteiger partial charge >= 0.3 is 0 Å². The van der Waals surface area contributed by atoms with E-state index in [1.807, 2.05) is 6.92 Å². The van der Waals surface area contributed by atoms with Crippen molar-refractivity contribution in [3.63, 3.8) is 0 Å². The highest BCUT2D eigenvalue weighted by Crippen LogP contribution is 2.23. The van der Waals surface area contributed by atoms with Crippen LogP contribution in [0.5, 0.6) is 5.75 Å². The average Bonchev–Trinajstić information content (AvgIpc) is 2.34. The third-order valence-electron chi connectivity index (χ3n) is 3.47. The van der Waals surface area contributed by atoms with Crippen molar-refractivity contribution < 1.29 is 14.2 Å². The van der Waals surface area contributed by atoms with Crippen molar-refractivity contribution >= 4 is 0 Å². The molecule has 4 heteroatoms. The average molecular weight is 253 g/mol. The van der Waals surface area contributed by atoms with Gasteiger partial charge in [0.25, 0.3) is 0 Å². The fourth-order valence-electron chi connectivity index (χ4n) is 2.38. The van der Waals surface area contributed by atoms with Gasteiger partial charge in [0, 0.05) is 24.7 Å². The summed E-state index contributed by atoms with van der Waals surface area (Å²) < 4.78 is 18.8. The van der Waals surface area contributed by atoms with Crippen LogP contribution in [-0.4, -0.2) is 35.3 Å². The molecule has 3 nitrogen and oxygen atoms in total. The van der Waals surface area contributed by atoms with Gasteiger partial charge in [-0.3, -0.25) is 4.90 Å². The highest BCUT2D eigenvalue weighted by molar-refractivity contribution is 5.32. The second-order valence-corrected chi connectivity index (χ2v) is 4.91. The third-order valence-corrected chi connectivity index (χ3v) is 3.47. The van der Waals surface area contributed by atoms with E-state index < -0.39 is 0 Å². The van der Waals surface area contributed by atoms with E-state index in [2.05, 4.69) is 11.8 Å². The lowest BCUT2D eigenvalue weighted by molar-refractivity contribution is -0.0594. The Morgan fingerprint density at radius 2 is 2.28 bits per heavy atom. The molecule has 1 saturated heterocycles. The van der Waals surface area contributed by atoms with E-state index in [4.69, 9.17) is 4.74 Å². The zero-order valence-corrected chi connectivity index (χ0v) is 10.9. The number of hydrogen-bond acceptors (Lipinski definition) is 3. The first kappa shape index (κ1) is 13.3. The minimum atomic E-state index is -0.308. The van der Waals surface area contributed by atoms with Crippen molar-refractivity contribution in [2.75, 3.05) is 13.2 Å². The Hall–Kier alpha value is -1.13. The minimum Gasteiger partial charge on any atom is -0.508 e. The molecule has 0 spiro atoms. The summed E-state index contributed by atoms with van der Waals surface area (Å²) in [5, 5.41) is 9.77. The Labute approximate surface area is 107 Å². The lowest BCUT2D eigenvalue weighted by atomic mass is 10.1. The lowest BCUT2D eigenvalue weighted by Crippen LogP contribution is -2.47. The Kier molecular flexibility index (Phi) is 4.19. The summed E-state index contributed by atoms with van der Waals surface area (Å²) in [5.41, 5.74) is 0.641. The molecule has 1 fully saturated rings. The van der Waals surface area contributed by atoms with Crippen molar-refractivity contribution in [2.45, 2.75) is 39.0 Å². The quantitative estimate of drug-likeness (QED) is 0.898. The maximum Gasteiger partial charge on any atom is 0.123 e. The van der Waals surface area contributed by atoms with Crippen LogP contribution < -0.4 is 0 Å². The highest BCUT2D eigenvalue weighted by atomic mass is 19.1. The number of rotatable bonds is 3. The first-order valence-corrected chi connectivity index (χ1v) is 6.43. The Morgan fingerprint density at radius 3 is 3.00 bits per heavy atom. The van der Waals surface area contributed by atoms with Crippen molar-refractivity contribution in [1.29, 1.82) is 0 Å². The Morgan fingerprint density at radius 1 is 1.50 bits per heavy atom. The maximum atomic E-state index is 13.2. The number of phenols is 1. The maximum absolute atomic E-state index is 13.2. The first-order valence-electron chi connectivity index (χ1n) is 6.43. The second-order valence-electron chi connectivity index (χ2n) is 4.91. The van der Waals surface area contributed by atoms with E-state index >= 15 is 0 Å². The first-order chi connectivity index (χ1) is 8.60. The van der Waals surface area contributed by atoms with Crippen molar-refractivity contribution in [3.8, 4) is 5.75 Å². The zero-order valence-electron chi connectivity index (χ0n) is 10.9. The molecule has 0 aliphatic carbocycles. The van der Waals surface area contributed by atoms with Crippen LogP contribution in [0.1, 0.15) is 25.8 Å².